The van der Waals surface area contributed by atoms with Gasteiger partial charge in [0.05, 0.1) is 0 Å². The van der Waals surface area contributed by atoms with E-state index in [9.17, 15) is 4.79 Å². The molecule has 0 aromatic heterocycles. The molecule has 2 fully saturated rings. The molecule has 3 heteroatoms. The van der Waals surface area contributed by atoms with Crippen molar-refractivity contribution in [2.45, 2.75) is 83.8 Å². The molecule has 1 amide bonds. The van der Waals surface area contributed by atoms with E-state index in [1.807, 2.05) is 25.7 Å². The molecule has 0 radical (unpaired) electrons. The van der Waals surface area contributed by atoms with Crippen LogP contribution in [-0.4, -0.2) is 29.2 Å². The number of rotatable bonds is 1. The molecule has 1 aliphatic carbocycles. The van der Waals surface area contributed by atoms with Crippen molar-refractivity contribution in [1.29, 1.82) is 0 Å². The summed E-state index contributed by atoms with van der Waals surface area (Å²) in [5.41, 5.74) is -0.383. The molecule has 1 aliphatic heterocycles. The van der Waals surface area contributed by atoms with Crippen molar-refractivity contribution in [3.63, 3.8) is 0 Å². The van der Waals surface area contributed by atoms with Crippen LogP contribution in [0.15, 0.2) is 0 Å². The summed E-state index contributed by atoms with van der Waals surface area (Å²) in [7, 11) is 0. The highest BCUT2D eigenvalue weighted by molar-refractivity contribution is 5.68. The number of nitrogens with zero attached hydrogens (tertiary/aromatic N) is 1. The Labute approximate surface area is 117 Å². The summed E-state index contributed by atoms with van der Waals surface area (Å²) in [6, 6.07) is 0.434. The Kier molecular flexibility index (Phi) is 4.75. The summed E-state index contributed by atoms with van der Waals surface area (Å²) in [5.74, 6) is 0.710. The van der Waals surface area contributed by atoms with Crippen LogP contribution in [0.25, 0.3) is 0 Å². The molecule has 0 spiro atoms. The molecule has 1 heterocycles. The van der Waals surface area contributed by atoms with Gasteiger partial charge in [-0.15, -0.1) is 0 Å². The lowest BCUT2D eigenvalue weighted by molar-refractivity contribution is -0.00162. The fourth-order valence-electron chi connectivity index (χ4n) is 3.51. The van der Waals surface area contributed by atoms with Gasteiger partial charge >= 0.3 is 6.09 Å². The Morgan fingerprint density at radius 2 is 1.63 bits per heavy atom. The first kappa shape index (κ1) is 14.7. The van der Waals surface area contributed by atoms with Gasteiger partial charge in [-0.2, -0.15) is 0 Å². The average Bonchev–Trinajstić information content (AvgIpc) is 2.38. The summed E-state index contributed by atoms with van der Waals surface area (Å²) in [6.07, 6.45) is 10.1. The predicted octanol–water partition coefficient (Wildman–Crippen LogP) is 4.36. The maximum Gasteiger partial charge on any atom is 0.410 e. The molecular formula is C16H29NO2. The Morgan fingerprint density at radius 3 is 2.26 bits per heavy atom. The minimum Gasteiger partial charge on any atom is -0.444 e. The molecule has 1 unspecified atom stereocenters. The van der Waals surface area contributed by atoms with Crippen molar-refractivity contribution in [1.82, 2.24) is 4.90 Å². The molecule has 3 nitrogen and oxygen atoms in total. The summed E-state index contributed by atoms with van der Waals surface area (Å²) in [4.78, 5) is 14.4. The van der Waals surface area contributed by atoms with Crippen LogP contribution in [0, 0.1) is 5.92 Å². The van der Waals surface area contributed by atoms with Gasteiger partial charge in [-0.3, -0.25) is 0 Å². The maximum atomic E-state index is 12.4. The van der Waals surface area contributed by atoms with Crippen LogP contribution >= 0.6 is 0 Å². The van der Waals surface area contributed by atoms with E-state index >= 15 is 0 Å². The van der Waals surface area contributed by atoms with Crippen LogP contribution in [0.3, 0.4) is 0 Å². The minimum absolute atomic E-state index is 0.0947. The molecule has 19 heavy (non-hydrogen) atoms. The number of hydrogen-bond acceptors (Lipinski definition) is 2. The summed E-state index contributed by atoms with van der Waals surface area (Å²) >= 11 is 0. The number of piperidine rings is 1. The van der Waals surface area contributed by atoms with Gasteiger partial charge in [0.25, 0.3) is 0 Å². The van der Waals surface area contributed by atoms with E-state index in [0.29, 0.717) is 12.0 Å². The first-order valence-electron chi connectivity index (χ1n) is 7.97. The Bertz CT molecular complexity index is 302. The van der Waals surface area contributed by atoms with Crippen LogP contribution in [0.1, 0.15) is 72.1 Å². The normalized spacial score (nSPS) is 26.3. The topological polar surface area (TPSA) is 29.5 Å². The van der Waals surface area contributed by atoms with Gasteiger partial charge in [0.15, 0.2) is 0 Å². The molecule has 0 aromatic rings. The lowest BCUT2D eigenvalue weighted by Gasteiger charge is -2.42. The number of likely N-dealkylation sites (tertiary alicyclic amines) is 1. The van der Waals surface area contributed by atoms with E-state index in [2.05, 4.69) is 0 Å². The van der Waals surface area contributed by atoms with Gasteiger partial charge < -0.3 is 9.64 Å². The SMILES string of the molecule is CC(C)(C)OC(=O)N1CCCCC1C1CCCCC1. The summed E-state index contributed by atoms with van der Waals surface area (Å²) in [5, 5.41) is 0. The molecule has 110 valence electrons. The molecule has 1 saturated heterocycles. The van der Waals surface area contributed by atoms with E-state index in [0.717, 1.165) is 13.0 Å². The number of carbonyl (C=O) groups is 1. The highest BCUT2D eigenvalue weighted by Crippen LogP contribution is 2.34. The van der Waals surface area contributed by atoms with E-state index in [-0.39, 0.29) is 11.7 Å². The molecule has 2 aliphatic rings. The first-order valence-corrected chi connectivity index (χ1v) is 7.97. The predicted molar refractivity (Wildman–Crippen MR) is 77.2 cm³/mol. The van der Waals surface area contributed by atoms with E-state index in [1.165, 1.54) is 44.9 Å². The Balaban J connectivity index is 2.00. The molecule has 2 rings (SSSR count). The zero-order valence-corrected chi connectivity index (χ0v) is 12.8. The van der Waals surface area contributed by atoms with Crippen molar-refractivity contribution in [2.75, 3.05) is 6.54 Å². The monoisotopic (exact) mass is 267 g/mol. The molecular weight excluding hydrogens is 238 g/mol. The van der Waals surface area contributed by atoms with Crippen molar-refractivity contribution >= 4 is 6.09 Å². The molecule has 0 bridgehead atoms. The zero-order chi connectivity index (χ0) is 13.9. The zero-order valence-electron chi connectivity index (χ0n) is 12.8. The van der Waals surface area contributed by atoms with E-state index < -0.39 is 0 Å². The second kappa shape index (κ2) is 6.15. The molecule has 0 aromatic carbocycles. The van der Waals surface area contributed by atoms with Crippen molar-refractivity contribution in [3.05, 3.63) is 0 Å². The first-order chi connectivity index (χ1) is 8.97. The fourth-order valence-corrected chi connectivity index (χ4v) is 3.51. The number of amides is 1. The van der Waals surface area contributed by atoms with Crippen LogP contribution in [0.2, 0.25) is 0 Å². The average molecular weight is 267 g/mol. The highest BCUT2D eigenvalue weighted by Gasteiger charge is 2.35. The van der Waals surface area contributed by atoms with Crippen molar-refractivity contribution in [2.24, 2.45) is 5.92 Å². The highest BCUT2D eigenvalue weighted by atomic mass is 16.6. The van der Waals surface area contributed by atoms with E-state index in [4.69, 9.17) is 4.74 Å². The number of ether oxygens (including phenoxy) is 1. The molecule has 0 N–H and O–H groups in total. The van der Waals surface area contributed by atoms with Crippen LogP contribution in [0.5, 0.6) is 0 Å². The van der Waals surface area contributed by atoms with Crippen LogP contribution < -0.4 is 0 Å². The smallest absolute Gasteiger partial charge is 0.410 e. The fraction of sp³-hybridized carbons (Fsp3) is 0.938. The molecule has 1 atom stereocenters. The van der Waals surface area contributed by atoms with Crippen molar-refractivity contribution in [3.8, 4) is 0 Å². The second-order valence-electron chi connectivity index (χ2n) is 7.13. The van der Waals surface area contributed by atoms with Gasteiger partial charge in [0.2, 0.25) is 0 Å². The minimum atomic E-state index is -0.383. The lowest BCUT2D eigenvalue weighted by Crippen LogP contribution is -2.49. The van der Waals surface area contributed by atoms with Gasteiger partial charge in [0, 0.05) is 12.6 Å². The number of hydrogen-bond donors (Lipinski definition) is 0. The molecule has 1 saturated carbocycles. The van der Waals surface area contributed by atoms with Gasteiger partial charge in [-0.05, 0) is 58.8 Å². The van der Waals surface area contributed by atoms with E-state index in [1.54, 1.807) is 0 Å². The third kappa shape index (κ3) is 4.12. The summed E-state index contributed by atoms with van der Waals surface area (Å²) in [6.45, 7) is 6.73. The Hall–Kier alpha value is -0.730. The third-order valence-electron chi connectivity index (χ3n) is 4.37. The van der Waals surface area contributed by atoms with Crippen molar-refractivity contribution < 1.29 is 9.53 Å². The largest absolute Gasteiger partial charge is 0.444 e. The lowest BCUT2D eigenvalue weighted by atomic mass is 9.80. The standard InChI is InChI=1S/C16H29NO2/c1-16(2,3)19-15(18)17-12-8-7-11-14(17)13-9-5-4-6-10-13/h13-14H,4-12H2,1-3H3. The Morgan fingerprint density at radius 1 is 1.00 bits per heavy atom. The van der Waals surface area contributed by atoms with Gasteiger partial charge in [-0.1, -0.05) is 19.3 Å². The van der Waals surface area contributed by atoms with Gasteiger partial charge in [0.1, 0.15) is 5.60 Å². The maximum absolute atomic E-state index is 12.4. The third-order valence-corrected chi connectivity index (χ3v) is 4.37. The summed E-state index contributed by atoms with van der Waals surface area (Å²) < 4.78 is 5.59. The van der Waals surface area contributed by atoms with Crippen LogP contribution in [-0.2, 0) is 4.74 Å². The number of carbonyl (C=O) groups excluding carboxylic acids is 1. The van der Waals surface area contributed by atoms with Crippen LogP contribution in [0.4, 0.5) is 4.79 Å². The quantitative estimate of drug-likeness (QED) is 0.706. The van der Waals surface area contributed by atoms with Gasteiger partial charge in [-0.25, -0.2) is 4.79 Å². The second-order valence-corrected chi connectivity index (χ2v) is 7.13.